The number of likely N-dealkylation sites (tertiary alicyclic amines) is 1. The lowest BCUT2D eigenvalue weighted by Crippen LogP contribution is -2.37. The summed E-state index contributed by atoms with van der Waals surface area (Å²) in [7, 11) is 0. The van der Waals surface area contributed by atoms with Gasteiger partial charge in [0, 0.05) is 23.3 Å². The summed E-state index contributed by atoms with van der Waals surface area (Å²) >= 11 is 1.75. The second-order valence-electron chi connectivity index (χ2n) is 5.67. The first-order valence-electron chi connectivity index (χ1n) is 7.59. The summed E-state index contributed by atoms with van der Waals surface area (Å²) in [6.07, 6.45) is 6.26. The van der Waals surface area contributed by atoms with E-state index in [1.165, 1.54) is 17.7 Å². The summed E-state index contributed by atoms with van der Waals surface area (Å²) < 4.78 is 0. The van der Waals surface area contributed by atoms with Crippen molar-refractivity contribution in [1.29, 1.82) is 0 Å². The van der Waals surface area contributed by atoms with Gasteiger partial charge in [0.25, 0.3) is 0 Å². The zero-order chi connectivity index (χ0) is 14.7. The maximum Gasteiger partial charge on any atom is 0.142 e. The summed E-state index contributed by atoms with van der Waals surface area (Å²) in [4.78, 5) is 12.8. The van der Waals surface area contributed by atoms with E-state index < -0.39 is 0 Å². The molecular weight excluding hydrogens is 280 g/mol. The van der Waals surface area contributed by atoms with Gasteiger partial charge in [-0.3, -0.25) is 9.88 Å². The lowest BCUT2D eigenvalue weighted by Gasteiger charge is -2.35. The fourth-order valence-corrected chi connectivity index (χ4v) is 3.82. The van der Waals surface area contributed by atoms with Crippen LogP contribution in [0.25, 0.3) is 10.7 Å². The van der Waals surface area contributed by atoms with Crippen molar-refractivity contribution < 1.29 is 0 Å². The molecule has 3 rings (SSSR count). The average molecular weight is 302 g/mol. The molecule has 1 atom stereocenters. The van der Waals surface area contributed by atoms with Gasteiger partial charge in [-0.1, -0.05) is 6.07 Å². The Bertz CT molecular complexity index is 561. The highest BCUT2D eigenvalue weighted by molar-refractivity contribution is 7.15. The van der Waals surface area contributed by atoms with E-state index >= 15 is 0 Å². The minimum Gasteiger partial charge on any atom is -0.330 e. The lowest BCUT2D eigenvalue weighted by atomic mass is 9.96. The van der Waals surface area contributed by atoms with Gasteiger partial charge in [-0.15, -0.1) is 11.3 Å². The van der Waals surface area contributed by atoms with Crippen LogP contribution in [-0.2, 0) is 0 Å². The minimum absolute atomic E-state index is 0.429. The van der Waals surface area contributed by atoms with Crippen molar-refractivity contribution in [3.05, 3.63) is 35.5 Å². The number of pyridine rings is 1. The topological polar surface area (TPSA) is 55.0 Å². The van der Waals surface area contributed by atoms with Crippen LogP contribution in [0.3, 0.4) is 0 Å². The van der Waals surface area contributed by atoms with E-state index in [1.807, 2.05) is 30.6 Å². The third-order valence-corrected chi connectivity index (χ3v) is 5.54. The summed E-state index contributed by atoms with van der Waals surface area (Å²) in [6.45, 7) is 5.38. The molecule has 0 amide bonds. The standard InChI is InChI=1S/C16H22N4S/c1-12(20-8-5-13(10-17)6-9-20)15-11-19-16(21-15)14-4-2-3-7-18-14/h2-4,7,11-13H,5-6,8-10,17H2,1H3. The molecule has 21 heavy (non-hydrogen) atoms. The molecule has 0 aromatic carbocycles. The summed E-state index contributed by atoms with van der Waals surface area (Å²) in [6, 6.07) is 6.38. The largest absolute Gasteiger partial charge is 0.330 e. The highest BCUT2D eigenvalue weighted by atomic mass is 32.1. The number of hydrogen-bond acceptors (Lipinski definition) is 5. The molecule has 0 aliphatic carbocycles. The molecule has 2 N–H and O–H groups in total. The number of rotatable bonds is 4. The Labute approximate surface area is 130 Å². The highest BCUT2D eigenvalue weighted by Crippen LogP contribution is 2.32. The first-order valence-corrected chi connectivity index (χ1v) is 8.41. The second-order valence-corrected chi connectivity index (χ2v) is 6.74. The molecule has 2 aromatic rings. The molecule has 0 spiro atoms. The molecular formula is C16H22N4S. The number of aromatic nitrogens is 2. The van der Waals surface area contributed by atoms with Crippen LogP contribution in [0.5, 0.6) is 0 Å². The van der Waals surface area contributed by atoms with Crippen molar-refractivity contribution in [2.24, 2.45) is 11.7 Å². The van der Waals surface area contributed by atoms with E-state index in [2.05, 4.69) is 21.8 Å². The molecule has 5 heteroatoms. The van der Waals surface area contributed by atoms with Gasteiger partial charge in [0.05, 0.1) is 5.69 Å². The molecule has 1 aliphatic heterocycles. The van der Waals surface area contributed by atoms with Crippen LogP contribution in [0.4, 0.5) is 0 Å². The molecule has 0 saturated carbocycles. The number of piperidine rings is 1. The first kappa shape index (κ1) is 14.6. The van der Waals surface area contributed by atoms with Crippen molar-refractivity contribution in [3.8, 4) is 10.7 Å². The summed E-state index contributed by atoms with van der Waals surface area (Å²) in [5, 5.41) is 1.01. The molecule has 2 aromatic heterocycles. The van der Waals surface area contributed by atoms with Crippen LogP contribution in [0.15, 0.2) is 30.6 Å². The Kier molecular flexibility index (Phi) is 4.63. The van der Waals surface area contributed by atoms with Gasteiger partial charge >= 0.3 is 0 Å². The Morgan fingerprint density at radius 1 is 1.33 bits per heavy atom. The van der Waals surface area contributed by atoms with Crippen LogP contribution in [0.2, 0.25) is 0 Å². The van der Waals surface area contributed by atoms with Crippen LogP contribution in [0, 0.1) is 5.92 Å². The number of nitrogens with two attached hydrogens (primary N) is 1. The lowest BCUT2D eigenvalue weighted by molar-refractivity contribution is 0.145. The van der Waals surface area contributed by atoms with E-state index in [9.17, 15) is 0 Å². The molecule has 1 aliphatic rings. The van der Waals surface area contributed by atoms with Crippen molar-refractivity contribution in [1.82, 2.24) is 14.9 Å². The summed E-state index contributed by atoms with van der Waals surface area (Å²) in [5.41, 5.74) is 6.73. The summed E-state index contributed by atoms with van der Waals surface area (Å²) in [5.74, 6) is 0.707. The Hall–Kier alpha value is -1.30. The van der Waals surface area contributed by atoms with E-state index in [1.54, 1.807) is 11.3 Å². The Morgan fingerprint density at radius 2 is 2.14 bits per heavy atom. The first-order chi connectivity index (χ1) is 10.3. The van der Waals surface area contributed by atoms with Crippen molar-refractivity contribution >= 4 is 11.3 Å². The molecule has 1 fully saturated rings. The van der Waals surface area contributed by atoms with Crippen LogP contribution in [-0.4, -0.2) is 34.5 Å². The van der Waals surface area contributed by atoms with Gasteiger partial charge in [-0.25, -0.2) is 4.98 Å². The molecule has 0 bridgehead atoms. The van der Waals surface area contributed by atoms with Crippen molar-refractivity contribution in [2.45, 2.75) is 25.8 Å². The average Bonchev–Trinajstić information content (AvgIpc) is 3.05. The van der Waals surface area contributed by atoms with Crippen LogP contribution in [0.1, 0.15) is 30.7 Å². The van der Waals surface area contributed by atoms with E-state index in [0.29, 0.717) is 12.0 Å². The Morgan fingerprint density at radius 3 is 2.81 bits per heavy atom. The third-order valence-electron chi connectivity index (χ3n) is 4.35. The maximum absolute atomic E-state index is 5.77. The molecule has 1 saturated heterocycles. The van der Waals surface area contributed by atoms with Gasteiger partial charge in [0.1, 0.15) is 5.01 Å². The van der Waals surface area contributed by atoms with E-state index in [0.717, 1.165) is 30.3 Å². The number of hydrogen-bond donors (Lipinski definition) is 1. The SMILES string of the molecule is CC(c1cnc(-c2ccccn2)s1)N1CCC(CN)CC1. The Balaban J connectivity index is 1.69. The van der Waals surface area contributed by atoms with Gasteiger partial charge in [0.15, 0.2) is 0 Å². The predicted octanol–water partition coefficient (Wildman–Crippen LogP) is 2.94. The third kappa shape index (κ3) is 3.31. The van der Waals surface area contributed by atoms with Crippen molar-refractivity contribution in [2.75, 3.05) is 19.6 Å². The van der Waals surface area contributed by atoms with Crippen LogP contribution < -0.4 is 5.73 Å². The van der Waals surface area contributed by atoms with Gasteiger partial charge in [0.2, 0.25) is 0 Å². The minimum atomic E-state index is 0.429. The monoisotopic (exact) mass is 302 g/mol. The zero-order valence-electron chi connectivity index (χ0n) is 12.4. The number of nitrogens with zero attached hydrogens (tertiary/aromatic N) is 3. The molecule has 4 nitrogen and oxygen atoms in total. The zero-order valence-corrected chi connectivity index (χ0v) is 13.2. The van der Waals surface area contributed by atoms with Gasteiger partial charge in [-0.05, 0) is 57.5 Å². The fourth-order valence-electron chi connectivity index (χ4n) is 2.84. The smallest absolute Gasteiger partial charge is 0.142 e. The second kappa shape index (κ2) is 6.64. The fraction of sp³-hybridized carbons (Fsp3) is 0.500. The van der Waals surface area contributed by atoms with Gasteiger partial charge in [-0.2, -0.15) is 0 Å². The maximum atomic E-state index is 5.77. The quantitative estimate of drug-likeness (QED) is 0.943. The normalized spacial score (nSPS) is 18.8. The molecule has 0 radical (unpaired) electrons. The molecule has 3 heterocycles. The molecule has 1 unspecified atom stereocenters. The molecule has 112 valence electrons. The van der Waals surface area contributed by atoms with E-state index in [-0.39, 0.29) is 0 Å². The number of thiazole rings is 1. The predicted molar refractivity (Wildman–Crippen MR) is 87.1 cm³/mol. The van der Waals surface area contributed by atoms with E-state index in [4.69, 9.17) is 5.73 Å². The van der Waals surface area contributed by atoms with Gasteiger partial charge < -0.3 is 5.73 Å². The van der Waals surface area contributed by atoms with Crippen LogP contribution >= 0.6 is 11.3 Å². The highest BCUT2D eigenvalue weighted by Gasteiger charge is 2.24. The van der Waals surface area contributed by atoms with Crippen molar-refractivity contribution in [3.63, 3.8) is 0 Å².